The second-order valence-corrected chi connectivity index (χ2v) is 11.7. The molecule has 0 saturated carbocycles. The fourth-order valence-corrected chi connectivity index (χ4v) is 4.99. The first-order valence-electron chi connectivity index (χ1n) is 12.2. The third-order valence-corrected chi connectivity index (χ3v) is 7.75. The summed E-state index contributed by atoms with van der Waals surface area (Å²) in [6.07, 6.45) is 0.389. The minimum Gasteiger partial charge on any atom is -0.352 e. The van der Waals surface area contributed by atoms with E-state index in [9.17, 15) is 18.0 Å². The minimum absolute atomic E-state index is 0.0940. The predicted molar refractivity (Wildman–Crippen MR) is 145 cm³/mol. The Labute approximate surface area is 216 Å². The van der Waals surface area contributed by atoms with Gasteiger partial charge < -0.3 is 10.2 Å². The number of aryl methyl sites for hydroxylation is 3. The zero-order chi connectivity index (χ0) is 27.2. The van der Waals surface area contributed by atoms with Crippen molar-refractivity contribution >= 4 is 27.7 Å². The zero-order valence-electron chi connectivity index (χ0n) is 22.7. The molecule has 1 atom stereocenters. The van der Waals surface area contributed by atoms with Crippen LogP contribution in [0, 0.1) is 20.8 Å². The number of rotatable bonds is 11. The van der Waals surface area contributed by atoms with Crippen LogP contribution in [0.25, 0.3) is 0 Å². The number of carbonyl (C=O) groups excluding carboxylic acids is 2. The molecule has 0 aromatic heterocycles. The standard InChI is InChI=1S/C27H40N4O4S/c1-9-24(27(33)28-19(2)3)30(17-23-14-11-20(4)12-15-23)26(32)18-31(36(34,35)29(7)8)25-16-21(5)10-13-22(25)6/h10-16,19,24H,9,17-18H2,1-8H3,(H,28,33)/t24-/m1/s1. The molecular formula is C27H40N4O4S. The molecule has 0 unspecified atom stereocenters. The highest BCUT2D eigenvalue weighted by Crippen LogP contribution is 2.26. The van der Waals surface area contributed by atoms with Gasteiger partial charge in [-0.15, -0.1) is 0 Å². The van der Waals surface area contributed by atoms with Crippen molar-refractivity contribution in [1.82, 2.24) is 14.5 Å². The van der Waals surface area contributed by atoms with Gasteiger partial charge in [-0.3, -0.25) is 9.59 Å². The largest absolute Gasteiger partial charge is 0.352 e. The highest BCUT2D eigenvalue weighted by atomic mass is 32.2. The lowest BCUT2D eigenvalue weighted by Crippen LogP contribution is -2.54. The number of hydrogen-bond acceptors (Lipinski definition) is 4. The predicted octanol–water partition coefficient (Wildman–Crippen LogP) is 3.56. The summed E-state index contributed by atoms with van der Waals surface area (Å²) in [6, 6.07) is 12.4. The first kappa shape index (κ1) is 29.3. The summed E-state index contributed by atoms with van der Waals surface area (Å²) in [6.45, 7) is 11.0. The van der Waals surface area contributed by atoms with Crippen molar-refractivity contribution in [2.75, 3.05) is 24.9 Å². The molecule has 2 amide bonds. The molecular weight excluding hydrogens is 476 g/mol. The first-order chi connectivity index (χ1) is 16.8. The number of anilines is 1. The molecule has 1 N–H and O–H groups in total. The van der Waals surface area contributed by atoms with Gasteiger partial charge >= 0.3 is 10.2 Å². The number of hydrogen-bond donors (Lipinski definition) is 1. The molecule has 0 bridgehead atoms. The second-order valence-electron chi connectivity index (χ2n) is 9.68. The molecule has 0 saturated heterocycles. The SMILES string of the molecule is CC[C@H](C(=O)NC(C)C)N(Cc1ccc(C)cc1)C(=O)CN(c1cc(C)ccc1C)S(=O)(=O)N(C)C. The average molecular weight is 517 g/mol. The monoisotopic (exact) mass is 516 g/mol. The van der Waals surface area contributed by atoms with E-state index in [1.807, 2.05) is 77.9 Å². The highest BCUT2D eigenvalue weighted by molar-refractivity contribution is 7.90. The molecule has 0 aliphatic carbocycles. The van der Waals surface area contributed by atoms with Crippen molar-refractivity contribution in [3.63, 3.8) is 0 Å². The lowest BCUT2D eigenvalue weighted by atomic mass is 10.1. The van der Waals surface area contributed by atoms with Gasteiger partial charge in [0.1, 0.15) is 12.6 Å². The van der Waals surface area contributed by atoms with Crippen molar-refractivity contribution in [2.45, 2.75) is 66.6 Å². The van der Waals surface area contributed by atoms with Crippen LogP contribution in [-0.4, -0.2) is 62.2 Å². The van der Waals surface area contributed by atoms with E-state index in [4.69, 9.17) is 0 Å². The van der Waals surface area contributed by atoms with E-state index in [-0.39, 0.29) is 18.5 Å². The summed E-state index contributed by atoms with van der Waals surface area (Å²) in [7, 11) is -1.12. The second kappa shape index (κ2) is 12.4. The van der Waals surface area contributed by atoms with Crippen LogP contribution in [0.2, 0.25) is 0 Å². The van der Waals surface area contributed by atoms with E-state index in [1.165, 1.54) is 19.0 Å². The van der Waals surface area contributed by atoms with Gasteiger partial charge in [0.2, 0.25) is 11.8 Å². The zero-order valence-corrected chi connectivity index (χ0v) is 23.5. The maximum atomic E-state index is 13.9. The van der Waals surface area contributed by atoms with Crippen LogP contribution in [0.1, 0.15) is 49.4 Å². The van der Waals surface area contributed by atoms with Gasteiger partial charge in [-0.2, -0.15) is 12.7 Å². The molecule has 0 spiro atoms. The van der Waals surface area contributed by atoms with Crippen LogP contribution in [0.15, 0.2) is 42.5 Å². The molecule has 2 rings (SSSR count). The maximum Gasteiger partial charge on any atom is 0.304 e. The molecule has 36 heavy (non-hydrogen) atoms. The summed E-state index contributed by atoms with van der Waals surface area (Å²) in [4.78, 5) is 28.5. The van der Waals surface area contributed by atoms with E-state index in [0.717, 1.165) is 30.9 Å². The molecule has 198 valence electrons. The van der Waals surface area contributed by atoms with Crippen molar-refractivity contribution in [3.05, 3.63) is 64.7 Å². The number of nitrogens with zero attached hydrogens (tertiary/aromatic N) is 3. The number of benzene rings is 2. The van der Waals surface area contributed by atoms with Gasteiger partial charge in [-0.25, -0.2) is 4.31 Å². The van der Waals surface area contributed by atoms with Gasteiger partial charge in [0, 0.05) is 26.7 Å². The highest BCUT2D eigenvalue weighted by Gasteiger charge is 2.34. The van der Waals surface area contributed by atoms with Gasteiger partial charge in [-0.1, -0.05) is 48.9 Å². The summed E-state index contributed by atoms with van der Waals surface area (Å²) < 4.78 is 29.0. The summed E-state index contributed by atoms with van der Waals surface area (Å²) >= 11 is 0. The van der Waals surface area contributed by atoms with Crippen molar-refractivity contribution in [2.24, 2.45) is 0 Å². The fourth-order valence-electron chi connectivity index (χ4n) is 3.88. The van der Waals surface area contributed by atoms with Crippen LogP contribution in [-0.2, 0) is 26.3 Å². The van der Waals surface area contributed by atoms with Crippen LogP contribution >= 0.6 is 0 Å². The lowest BCUT2D eigenvalue weighted by molar-refractivity contribution is -0.140. The molecule has 9 heteroatoms. The Kier molecular flexibility index (Phi) is 10.1. The van der Waals surface area contributed by atoms with Gasteiger partial charge in [0.25, 0.3) is 0 Å². The third kappa shape index (κ3) is 7.30. The Morgan fingerprint density at radius 1 is 0.944 bits per heavy atom. The van der Waals surface area contributed by atoms with Crippen LogP contribution < -0.4 is 9.62 Å². The van der Waals surface area contributed by atoms with E-state index in [0.29, 0.717) is 12.1 Å². The summed E-state index contributed by atoms with van der Waals surface area (Å²) in [5, 5.41) is 2.90. The van der Waals surface area contributed by atoms with E-state index < -0.39 is 28.7 Å². The van der Waals surface area contributed by atoms with Crippen molar-refractivity contribution in [1.29, 1.82) is 0 Å². The Balaban J connectivity index is 2.55. The maximum absolute atomic E-state index is 13.9. The van der Waals surface area contributed by atoms with Gasteiger partial charge in [0.15, 0.2) is 0 Å². The van der Waals surface area contributed by atoms with Crippen molar-refractivity contribution in [3.8, 4) is 0 Å². The average Bonchev–Trinajstić information content (AvgIpc) is 2.79. The Bertz CT molecular complexity index is 1160. The Morgan fingerprint density at radius 2 is 1.53 bits per heavy atom. The van der Waals surface area contributed by atoms with Crippen LogP contribution in [0.4, 0.5) is 5.69 Å². The first-order valence-corrected chi connectivity index (χ1v) is 13.6. The fraction of sp³-hybridized carbons (Fsp3) is 0.481. The third-order valence-electron chi connectivity index (χ3n) is 5.94. The van der Waals surface area contributed by atoms with Gasteiger partial charge in [-0.05, 0) is 63.8 Å². The quantitative estimate of drug-likeness (QED) is 0.495. The summed E-state index contributed by atoms with van der Waals surface area (Å²) in [5.74, 6) is -0.714. The van der Waals surface area contributed by atoms with E-state index in [2.05, 4.69) is 5.32 Å². The van der Waals surface area contributed by atoms with E-state index in [1.54, 1.807) is 6.07 Å². The number of amides is 2. The van der Waals surface area contributed by atoms with Crippen molar-refractivity contribution < 1.29 is 18.0 Å². The normalized spacial score (nSPS) is 12.5. The molecule has 2 aromatic carbocycles. The molecule has 8 nitrogen and oxygen atoms in total. The van der Waals surface area contributed by atoms with Crippen LogP contribution in [0.3, 0.4) is 0 Å². The number of carbonyl (C=O) groups is 2. The molecule has 0 radical (unpaired) electrons. The minimum atomic E-state index is -3.99. The molecule has 0 aliphatic heterocycles. The molecule has 0 heterocycles. The van der Waals surface area contributed by atoms with Gasteiger partial charge in [0.05, 0.1) is 5.69 Å². The molecule has 0 aliphatic rings. The summed E-state index contributed by atoms with van der Waals surface area (Å²) in [5.41, 5.74) is 3.99. The van der Waals surface area contributed by atoms with E-state index >= 15 is 0 Å². The Hall–Kier alpha value is -2.91. The smallest absolute Gasteiger partial charge is 0.304 e. The molecule has 2 aromatic rings. The topological polar surface area (TPSA) is 90.0 Å². The van der Waals surface area contributed by atoms with Crippen LogP contribution in [0.5, 0.6) is 0 Å². The number of nitrogens with one attached hydrogen (secondary N) is 1. The lowest BCUT2D eigenvalue weighted by Gasteiger charge is -2.34. The Morgan fingerprint density at radius 3 is 2.06 bits per heavy atom. The molecule has 0 fully saturated rings.